The van der Waals surface area contributed by atoms with Crippen LogP contribution in [-0.2, 0) is 27.3 Å². The normalized spacial score (nSPS) is 11.9. The predicted octanol–water partition coefficient (Wildman–Crippen LogP) is 7.51. The monoisotopic (exact) mass is 620 g/mol. The first-order chi connectivity index (χ1) is 21.9. The maximum Gasteiger partial charge on any atom is 0.408 e. The topological polar surface area (TPSA) is 117 Å². The Morgan fingerprint density at radius 3 is 2.28 bits per heavy atom. The van der Waals surface area contributed by atoms with Crippen LogP contribution in [0.3, 0.4) is 0 Å². The molecule has 9 nitrogen and oxygen atoms in total. The Hall–Kier alpha value is -5.44. The highest BCUT2D eigenvalue weighted by atomic mass is 16.6. The molecule has 0 spiro atoms. The molecule has 1 aromatic heterocycles. The van der Waals surface area contributed by atoms with Gasteiger partial charge < -0.3 is 23.9 Å². The largest absolute Gasteiger partial charge is 0.459 e. The highest BCUT2D eigenvalue weighted by Crippen LogP contribution is 2.27. The molecule has 1 amide bonds. The van der Waals surface area contributed by atoms with Gasteiger partial charge in [0.1, 0.15) is 29.5 Å². The molecule has 4 aromatic carbocycles. The number of alkyl carbamates (subject to hydrolysis) is 1. The van der Waals surface area contributed by atoms with E-state index in [1.165, 1.54) is 0 Å². The molecule has 0 aliphatic heterocycles. The molecule has 5 aromatic rings. The van der Waals surface area contributed by atoms with Gasteiger partial charge in [-0.2, -0.15) is 0 Å². The standard InChI is InChI=1S/C37H36N2O7/c1-23-16-24(2)18-28(17-23)33-38-30-15-14-27(21-32(30)45-33)34(40)44-29-13-9-12-26(19-29)20-31(39-36(42)46-37(3,4)5)35(41)43-22-25-10-7-6-8-11-25/h6-19,21,31H,20,22H2,1-5H3,(H,39,42)/t31-/m0/s1. The number of aryl methyl sites for hydroxylation is 2. The van der Waals surface area contributed by atoms with Crippen LogP contribution in [0.1, 0.15) is 53.4 Å². The van der Waals surface area contributed by atoms with E-state index >= 15 is 0 Å². The van der Waals surface area contributed by atoms with Crippen LogP contribution in [0.4, 0.5) is 4.79 Å². The zero-order valence-corrected chi connectivity index (χ0v) is 26.5. The quantitative estimate of drug-likeness (QED) is 0.133. The molecule has 0 radical (unpaired) electrons. The number of carbonyl (C=O) groups excluding carboxylic acids is 3. The highest BCUT2D eigenvalue weighted by Gasteiger charge is 2.26. The van der Waals surface area contributed by atoms with Crippen molar-refractivity contribution in [3.63, 3.8) is 0 Å². The number of carbonyl (C=O) groups is 3. The summed E-state index contributed by atoms with van der Waals surface area (Å²) in [4.78, 5) is 43.4. The summed E-state index contributed by atoms with van der Waals surface area (Å²) in [6, 6.07) is 25.9. The Balaban J connectivity index is 1.29. The number of rotatable bonds is 9. The van der Waals surface area contributed by atoms with Gasteiger partial charge in [-0.1, -0.05) is 59.7 Å². The molecule has 9 heteroatoms. The molecule has 46 heavy (non-hydrogen) atoms. The van der Waals surface area contributed by atoms with E-state index < -0.39 is 29.7 Å². The molecule has 0 saturated heterocycles. The van der Waals surface area contributed by atoms with Gasteiger partial charge >= 0.3 is 18.0 Å². The molecular formula is C37H36N2O7. The van der Waals surface area contributed by atoms with Gasteiger partial charge in [0.15, 0.2) is 5.58 Å². The number of nitrogens with one attached hydrogen (secondary N) is 1. The average molecular weight is 621 g/mol. The van der Waals surface area contributed by atoms with E-state index in [0.717, 1.165) is 22.3 Å². The summed E-state index contributed by atoms with van der Waals surface area (Å²) < 4.78 is 22.6. The van der Waals surface area contributed by atoms with Crippen molar-refractivity contribution in [2.45, 2.75) is 59.3 Å². The van der Waals surface area contributed by atoms with Crippen LogP contribution < -0.4 is 10.1 Å². The number of hydrogen-bond acceptors (Lipinski definition) is 8. The van der Waals surface area contributed by atoms with Gasteiger partial charge in [-0.3, -0.25) is 0 Å². The Morgan fingerprint density at radius 2 is 1.57 bits per heavy atom. The minimum Gasteiger partial charge on any atom is -0.459 e. The molecule has 0 unspecified atom stereocenters. The molecule has 0 saturated carbocycles. The molecule has 1 heterocycles. The van der Waals surface area contributed by atoms with Crippen molar-refractivity contribution < 1.29 is 33.0 Å². The molecule has 5 rings (SSSR count). The third-order valence-electron chi connectivity index (χ3n) is 6.84. The van der Waals surface area contributed by atoms with E-state index in [1.807, 2.05) is 56.3 Å². The number of oxazole rings is 1. The summed E-state index contributed by atoms with van der Waals surface area (Å²) in [5, 5.41) is 2.62. The summed E-state index contributed by atoms with van der Waals surface area (Å²) in [5.74, 6) is -0.478. The fourth-order valence-electron chi connectivity index (χ4n) is 4.88. The van der Waals surface area contributed by atoms with E-state index in [2.05, 4.69) is 16.4 Å². The lowest BCUT2D eigenvalue weighted by molar-refractivity contribution is -0.147. The number of ether oxygens (including phenoxy) is 3. The van der Waals surface area contributed by atoms with Crippen molar-refractivity contribution in [2.24, 2.45) is 0 Å². The number of nitrogens with zero attached hydrogens (tertiary/aromatic N) is 1. The maximum atomic E-state index is 13.1. The number of fused-ring (bicyclic) bond motifs is 1. The molecule has 0 fully saturated rings. The predicted molar refractivity (Wildman–Crippen MR) is 173 cm³/mol. The van der Waals surface area contributed by atoms with Crippen molar-refractivity contribution in [3.8, 4) is 17.2 Å². The SMILES string of the molecule is Cc1cc(C)cc(-c2nc3ccc(C(=O)Oc4cccc(C[C@H](NC(=O)OC(C)(C)C)C(=O)OCc5ccccc5)c4)cc3o2)c1. The average Bonchev–Trinajstić information content (AvgIpc) is 3.43. The van der Waals surface area contributed by atoms with Crippen molar-refractivity contribution >= 4 is 29.1 Å². The Morgan fingerprint density at radius 1 is 0.848 bits per heavy atom. The van der Waals surface area contributed by atoms with Crippen molar-refractivity contribution in [1.29, 1.82) is 0 Å². The first-order valence-electron chi connectivity index (χ1n) is 14.9. The van der Waals surface area contributed by atoms with Crippen molar-refractivity contribution in [2.75, 3.05) is 0 Å². The van der Waals surface area contributed by atoms with Gasteiger partial charge in [0.25, 0.3) is 0 Å². The zero-order valence-electron chi connectivity index (χ0n) is 26.5. The second kappa shape index (κ2) is 13.7. The lowest BCUT2D eigenvalue weighted by atomic mass is 10.1. The molecule has 0 aliphatic carbocycles. The van der Waals surface area contributed by atoms with E-state index in [1.54, 1.807) is 63.2 Å². The third kappa shape index (κ3) is 8.59. The summed E-state index contributed by atoms with van der Waals surface area (Å²) in [6.45, 7) is 9.27. The highest BCUT2D eigenvalue weighted by molar-refractivity contribution is 5.94. The molecule has 0 bridgehead atoms. The Bertz CT molecular complexity index is 1850. The zero-order chi connectivity index (χ0) is 32.8. The van der Waals surface area contributed by atoms with E-state index in [9.17, 15) is 14.4 Å². The fraction of sp³-hybridized carbons (Fsp3) is 0.243. The Kier molecular flexibility index (Phi) is 9.51. The van der Waals surface area contributed by atoms with Crippen LogP contribution in [0.15, 0.2) is 95.4 Å². The van der Waals surface area contributed by atoms with Gasteiger partial charge in [-0.15, -0.1) is 0 Å². The number of hydrogen-bond donors (Lipinski definition) is 1. The molecule has 1 N–H and O–H groups in total. The van der Waals surface area contributed by atoms with Crippen LogP contribution >= 0.6 is 0 Å². The van der Waals surface area contributed by atoms with Gasteiger partial charge in [-0.25, -0.2) is 19.4 Å². The number of benzene rings is 4. The van der Waals surface area contributed by atoms with Crippen LogP contribution in [0.2, 0.25) is 0 Å². The van der Waals surface area contributed by atoms with Crippen LogP contribution in [-0.4, -0.2) is 34.7 Å². The van der Waals surface area contributed by atoms with Crippen molar-refractivity contribution in [1.82, 2.24) is 10.3 Å². The minimum absolute atomic E-state index is 0.0471. The smallest absolute Gasteiger partial charge is 0.408 e. The van der Waals surface area contributed by atoms with E-state index in [-0.39, 0.29) is 24.3 Å². The van der Waals surface area contributed by atoms with Crippen LogP contribution in [0.5, 0.6) is 5.75 Å². The van der Waals surface area contributed by atoms with Gasteiger partial charge in [-0.05, 0) is 88.2 Å². The molecular weight excluding hydrogens is 584 g/mol. The molecule has 0 aliphatic rings. The summed E-state index contributed by atoms with van der Waals surface area (Å²) >= 11 is 0. The summed E-state index contributed by atoms with van der Waals surface area (Å²) in [5.41, 5.74) is 5.11. The van der Waals surface area contributed by atoms with E-state index in [4.69, 9.17) is 18.6 Å². The summed E-state index contributed by atoms with van der Waals surface area (Å²) in [6.07, 6.45) is -0.677. The fourth-order valence-corrected chi connectivity index (χ4v) is 4.88. The second-order valence-electron chi connectivity index (χ2n) is 12.1. The second-order valence-corrected chi connectivity index (χ2v) is 12.1. The number of esters is 2. The third-order valence-corrected chi connectivity index (χ3v) is 6.84. The first kappa shape index (κ1) is 32.0. The van der Waals surface area contributed by atoms with E-state index in [0.29, 0.717) is 22.6 Å². The van der Waals surface area contributed by atoms with Gasteiger partial charge in [0.05, 0.1) is 5.56 Å². The van der Waals surface area contributed by atoms with Gasteiger partial charge in [0.2, 0.25) is 5.89 Å². The van der Waals surface area contributed by atoms with Crippen LogP contribution in [0.25, 0.3) is 22.6 Å². The molecule has 1 atom stereocenters. The summed E-state index contributed by atoms with van der Waals surface area (Å²) in [7, 11) is 0. The Labute approximate surface area is 267 Å². The number of aromatic nitrogens is 1. The first-order valence-corrected chi connectivity index (χ1v) is 14.9. The lowest BCUT2D eigenvalue weighted by Crippen LogP contribution is -2.45. The number of amides is 1. The van der Waals surface area contributed by atoms with Crippen LogP contribution in [0, 0.1) is 13.8 Å². The van der Waals surface area contributed by atoms with Gasteiger partial charge in [0, 0.05) is 12.0 Å². The van der Waals surface area contributed by atoms with Crippen molar-refractivity contribution in [3.05, 3.63) is 119 Å². The molecule has 236 valence electrons. The lowest BCUT2D eigenvalue weighted by Gasteiger charge is -2.23. The minimum atomic E-state index is -1.05. The maximum absolute atomic E-state index is 13.1.